The maximum atomic E-state index is 11.5. The van der Waals surface area contributed by atoms with Gasteiger partial charge in [0, 0.05) is 7.05 Å². The molecule has 0 aliphatic rings. The molecule has 0 heterocycles. The molecule has 1 aromatic rings. The molecule has 1 amide bonds. The lowest BCUT2D eigenvalue weighted by atomic mass is 10.0. The topological polar surface area (TPSA) is 38.8 Å². The minimum atomic E-state index is -0.378. The van der Waals surface area contributed by atoms with Crippen LogP contribution < -0.4 is 9.64 Å². The van der Waals surface area contributed by atoms with E-state index in [0.717, 1.165) is 28.1 Å². The summed E-state index contributed by atoms with van der Waals surface area (Å²) in [7, 11) is 4.72. The molecule has 0 aliphatic carbocycles. The Morgan fingerprint density at radius 1 is 1.18 bits per heavy atom. The van der Waals surface area contributed by atoms with Crippen LogP contribution >= 0.6 is 0 Å². The van der Waals surface area contributed by atoms with Gasteiger partial charge in [-0.25, -0.2) is 4.79 Å². The average Bonchev–Trinajstić information content (AvgIpc) is 2.32. The molecule has 0 atom stereocenters. The summed E-state index contributed by atoms with van der Waals surface area (Å²) in [5.41, 5.74) is 3.90. The zero-order valence-electron chi connectivity index (χ0n) is 11.2. The van der Waals surface area contributed by atoms with E-state index in [2.05, 4.69) is 0 Å². The van der Waals surface area contributed by atoms with Gasteiger partial charge in [-0.2, -0.15) is 0 Å². The summed E-state index contributed by atoms with van der Waals surface area (Å²) in [4.78, 5) is 13.0. The van der Waals surface area contributed by atoms with Crippen molar-refractivity contribution in [1.29, 1.82) is 0 Å². The lowest BCUT2D eigenvalue weighted by molar-refractivity contribution is 0.180. The van der Waals surface area contributed by atoms with Gasteiger partial charge in [-0.1, -0.05) is 0 Å². The minimum Gasteiger partial charge on any atom is -0.496 e. The Balaban J connectivity index is 3.32. The molecule has 0 spiro atoms. The maximum Gasteiger partial charge on any atom is 0.413 e. The SMILES string of the molecule is COC(=O)N(C)c1cc(C)c(OC)c(C)c1C. The van der Waals surface area contributed by atoms with Gasteiger partial charge < -0.3 is 9.47 Å². The second kappa shape index (κ2) is 5.08. The predicted molar refractivity (Wildman–Crippen MR) is 68.0 cm³/mol. The highest BCUT2D eigenvalue weighted by molar-refractivity contribution is 5.88. The number of aryl methyl sites for hydroxylation is 1. The second-order valence-electron chi connectivity index (χ2n) is 4.02. The van der Waals surface area contributed by atoms with Crippen LogP contribution in [0.5, 0.6) is 5.75 Å². The Kier molecular flexibility index (Phi) is 3.99. The summed E-state index contributed by atoms with van der Waals surface area (Å²) in [5.74, 6) is 0.865. The van der Waals surface area contributed by atoms with Crippen LogP contribution in [0.3, 0.4) is 0 Å². The smallest absolute Gasteiger partial charge is 0.413 e. The number of hydrogen-bond donors (Lipinski definition) is 0. The van der Waals surface area contributed by atoms with E-state index in [-0.39, 0.29) is 6.09 Å². The molecule has 4 heteroatoms. The Morgan fingerprint density at radius 2 is 1.76 bits per heavy atom. The summed E-state index contributed by atoms with van der Waals surface area (Å²) >= 11 is 0. The van der Waals surface area contributed by atoms with E-state index in [1.165, 1.54) is 12.0 Å². The minimum absolute atomic E-state index is 0.378. The molecule has 0 unspecified atom stereocenters. The lowest BCUT2D eigenvalue weighted by Gasteiger charge is -2.22. The normalized spacial score (nSPS) is 10.0. The van der Waals surface area contributed by atoms with Crippen molar-refractivity contribution in [2.75, 3.05) is 26.2 Å². The third kappa shape index (κ3) is 2.35. The first-order chi connectivity index (χ1) is 7.93. The molecule has 1 aromatic carbocycles. The molecule has 1 rings (SSSR count). The Bertz CT molecular complexity index is 441. The van der Waals surface area contributed by atoms with E-state index in [4.69, 9.17) is 9.47 Å². The van der Waals surface area contributed by atoms with Crippen molar-refractivity contribution in [3.8, 4) is 5.75 Å². The van der Waals surface area contributed by atoms with Crippen LogP contribution in [0.2, 0.25) is 0 Å². The number of ether oxygens (including phenoxy) is 2. The summed E-state index contributed by atoms with van der Waals surface area (Å²) in [6.07, 6.45) is -0.378. The van der Waals surface area contributed by atoms with Gasteiger partial charge in [0.25, 0.3) is 0 Å². The summed E-state index contributed by atoms with van der Waals surface area (Å²) in [6.45, 7) is 5.90. The van der Waals surface area contributed by atoms with E-state index in [0.29, 0.717) is 0 Å². The summed E-state index contributed by atoms with van der Waals surface area (Å²) in [6, 6.07) is 1.93. The van der Waals surface area contributed by atoms with Crippen LogP contribution in [-0.2, 0) is 4.74 Å². The van der Waals surface area contributed by atoms with E-state index >= 15 is 0 Å². The first-order valence-electron chi connectivity index (χ1n) is 5.40. The van der Waals surface area contributed by atoms with Crippen LogP contribution in [-0.4, -0.2) is 27.4 Å². The van der Waals surface area contributed by atoms with Crippen LogP contribution in [0.1, 0.15) is 16.7 Å². The van der Waals surface area contributed by atoms with Crippen molar-refractivity contribution in [1.82, 2.24) is 0 Å². The number of nitrogens with zero attached hydrogens (tertiary/aromatic N) is 1. The number of methoxy groups -OCH3 is 2. The highest BCUT2D eigenvalue weighted by Gasteiger charge is 2.17. The van der Waals surface area contributed by atoms with Gasteiger partial charge in [-0.05, 0) is 43.5 Å². The quantitative estimate of drug-likeness (QED) is 0.794. The number of carbonyl (C=O) groups is 1. The number of hydrogen-bond acceptors (Lipinski definition) is 3. The molecule has 0 radical (unpaired) electrons. The van der Waals surface area contributed by atoms with Crippen LogP contribution in [0.25, 0.3) is 0 Å². The lowest BCUT2D eigenvalue weighted by Crippen LogP contribution is -2.27. The van der Waals surface area contributed by atoms with E-state index in [9.17, 15) is 4.79 Å². The number of amides is 1. The first kappa shape index (κ1) is 13.4. The number of anilines is 1. The fourth-order valence-electron chi connectivity index (χ4n) is 1.93. The summed E-state index contributed by atoms with van der Waals surface area (Å²) < 4.78 is 10.1. The van der Waals surface area contributed by atoms with Crippen molar-refractivity contribution in [2.24, 2.45) is 0 Å². The molecule has 0 fully saturated rings. The highest BCUT2D eigenvalue weighted by atomic mass is 16.5. The van der Waals surface area contributed by atoms with Gasteiger partial charge in [0.15, 0.2) is 0 Å². The highest BCUT2D eigenvalue weighted by Crippen LogP contribution is 2.33. The molecule has 0 N–H and O–H groups in total. The molecule has 94 valence electrons. The van der Waals surface area contributed by atoms with Crippen molar-refractivity contribution in [3.63, 3.8) is 0 Å². The van der Waals surface area contributed by atoms with Crippen LogP contribution in [0, 0.1) is 20.8 Å². The van der Waals surface area contributed by atoms with Gasteiger partial charge >= 0.3 is 6.09 Å². The third-order valence-electron chi connectivity index (χ3n) is 3.01. The van der Waals surface area contributed by atoms with Crippen molar-refractivity contribution in [2.45, 2.75) is 20.8 Å². The third-order valence-corrected chi connectivity index (χ3v) is 3.01. The molecule has 0 aromatic heterocycles. The van der Waals surface area contributed by atoms with Crippen LogP contribution in [0.15, 0.2) is 6.07 Å². The molecule has 17 heavy (non-hydrogen) atoms. The maximum absolute atomic E-state index is 11.5. The number of benzene rings is 1. The average molecular weight is 237 g/mol. The fourth-order valence-corrected chi connectivity index (χ4v) is 1.93. The van der Waals surface area contributed by atoms with Gasteiger partial charge in [-0.15, -0.1) is 0 Å². The fraction of sp³-hybridized carbons (Fsp3) is 0.462. The Morgan fingerprint density at radius 3 is 2.24 bits per heavy atom. The molecule has 0 saturated carbocycles. The molecule has 0 saturated heterocycles. The second-order valence-corrected chi connectivity index (χ2v) is 4.02. The number of rotatable bonds is 2. The monoisotopic (exact) mass is 237 g/mol. The number of carbonyl (C=O) groups excluding carboxylic acids is 1. The van der Waals surface area contributed by atoms with E-state index in [1.807, 2.05) is 26.8 Å². The summed E-state index contributed by atoms with van der Waals surface area (Å²) in [5, 5.41) is 0. The van der Waals surface area contributed by atoms with Crippen molar-refractivity contribution < 1.29 is 14.3 Å². The molecule has 0 aliphatic heterocycles. The van der Waals surface area contributed by atoms with Gasteiger partial charge in [0.05, 0.1) is 19.9 Å². The predicted octanol–water partition coefficient (Wildman–Crippen LogP) is 2.82. The Hall–Kier alpha value is -1.71. The van der Waals surface area contributed by atoms with Crippen molar-refractivity contribution >= 4 is 11.8 Å². The molecule has 4 nitrogen and oxygen atoms in total. The van der Waals surface area contributed by atoms with Crippen molar-refractivity contribution in [3.05, 3.63) is 22.8 Å². The standard InChI is InChI=1S/C13H19NO3/c1-8-7-11(14(4)13(15)17-6)9(2)10(3)12(8)16-5/h7H,1-6H3. The largest absolute Gasteiger partial charge is 0.496 e. The van der Waals surface area contributed by atoms with Gasteiger partial charge in [0.2, 0.25) is 0 Å². The molecule has 0 bridgehead atoms. The Labute approximate surface area is 102 Å². The van der Waals surface area contributed by atoms with Gasteiger partial charge in [0.1, 0.15) is 5.75 Å². The van der Waals surface area contributed by atoms with E-state index < -0.39 is 0 Å². The van der Waals surface area contributed by atoms with Gasteiger partial charge in [-0.3, -0.25) is 4.90 Å². The van der Waals surface area contributed by atoms with E-state index in [1.54, 1.807) is 14.2 Å². The first-order valence-corrected chi connectivity index (χ1v) is 5.40. The zero-order chi connectivity index (χ0) is 13.2. The molecular formula is C13H19NO3. The van der Waals surface area contributed by atoms with Crippen LogP contribution in [0.4, 0.5) is 10.5 Å². The zero-order valence-corrected chi connectivity index (χ0v) is 11.2. The molecular weight excluding hydrogens is 218 g/mol.